The number of esters is 3. The number of amides is 1. The van der Waals surface area contributed by atoms with Crippen LogP contribution < -0.4 is 5.32 Å². The minimum absolute atomic E-state index is 0.0102. The van der Waals surface area contributed by atoms with Gasteiger partial charge in [0.15, 0.2) is 17.5 Å². The zero-order chi connectivity index (χ0) is 43.0. The molecule has 1 saturated carbocycles. The summed E-state index contributed by atoms with van der Waals surface area (Å²) >= 11 is 6.22. The maximum atomic E-state index is 14.5. The number of carbonyl (C=O) groups is 5. The van der Waals surface area contributed by atoms with Gasteiger partial charge >= 0.3 is 24.0 Å². The van der Waals surface area contributed by atoms with Gasteiger partial charge in [-0.1, -0.05) is 50.1 Å². The number of carbonyl (C=O) groups excluding carboxylic acids is 5. The Balaban J connectivity index is 1.91. The number of Topliss-reactive ketones (excluding diaryl/α,β-unsaturated/α-hetero) is 1. The molecule has 2 bridgehead atoms. The normalized spacial score (nSPS) is 30.7. The van der Waals surface area contributed by atoms with E-state index in [-0.39, 0.29) is 34.8 Å². The van der Waals surface area contributed by atoms with Gasteiger partial charge in [-0.2, -0.15) is 0 Å². The number of nitrogens with one attached hydrogen (secondary N) is 1. The molecule has 0 aromatic heterocycles. The van der Waals surface area contributed by atoms with Crippen LogP contribution in [0.4, 0.5) is 4.79 Å². The minimum Gasteiger partial charge on any atom is -0.456 e. The monoisotopic (exact) mass is 821 g/mol. The number of aliphatic hydroxyl groups excluding tert-OH is 3. The van der Waals surface area contributed by atoms with Crippen LogP contribution >= 0.6 is 11.6 Å². The summed E-state index contributed by atoms with van der Waals surface area (Å²) < 4.78 is 29.3. The van der Waals surface area contributed by atoms with Crippen LogP contribution in [0.1, 0.15) is 92.4 Å². The number of benzene rings is 1. The lowest BCUT2D eigenvalue weighted by Gasteiger charge is -2.62. The Bertz CT molecular complexity index is 1800. The summed E-state index contributed by atoms with van der Waals surface area (Å²) in [5.41, 5.74) is -6.00. The molecule has 1 heterocycles. The fraction of sp³-hybridized carbons (Fsp3) is 0.634. The van der Waals surface area contributed by atoms with Crippen LogP contribution in [-0.4, -0.2) is 117 Å². The second kappa shape index (κ2) is 17.2. The summed E-state index contributed by atoms with van der Waals surface area (Å²) in [6.45, 7) is 14.7. The minimum atomic E-state index is -2.35. The van der Waals surface area contributed by atoms with Crippen molar-refractivity contribution >= 4 is 41.4 Å². The van der Waals surface area contributed by atoms with Gasteiger partial charge in [-0.3, -0.25) is 9.59 Å². The molecule has 0 spiro atoms. The average molecular weight is 822 g/mol. The van der Waals surface area contributed by atoms with Crippen molar-refractivity contribution in [1.82, 2.24) is 5.32 Å². The lowest BCUT2D eigenvalue weighted by Crippen LogP contribution is -2.75. The first kappa shape index (κ1) is 45.8. The molecule has 2 aliphatic carbocycles. The van der Waals surface area contributed by atoms with Gasteiger partial charge in [0.1, 0.15) is 35.6 Å². The molecule has 3 aliphatic rings. The quantitative estimate of drug-likeness (QED) is 0.122. The molecule has 57 heavy (non-hydrogen) atoms. The molecule has 10 atom stereocenters. The summed E-state index contributed by atoms with van der Waals surface area (Å²) in [7, 11) is 0. The maximum Gasteiger partial charge on any atom is 0.408 e. The van der Waals surface area contributed by atoms with E-state index in [0.717, 1.165) is 6.92 Å². The second-order valence-corrected chi connectivity index (χ2v) is 17.4. The predicted octanol–water partition coefficient (Wildman–Crippen LogP) is 3.75. The van der Waals surface area contributed by atoms with Crippen molar-refractivity contribution < 1.29 is 68.1 Å². The molecular weight excluding hydrogens is 766 g/mol. The van der Waals surface area contributed by atoms with E-state index in [0.29, 0.717) is 5.57 Å². The van der Waals surface area contributed by atoms with Crippen LogP contribution in [0.2, 0.25) is 5.02 Å². The number of alkyl carbamates (subject to hydrolysis) is 1. The maximum absolute atomic E-state index is 14.5. The van der Waals surface area contributed by atoms with E-state index in [9.17, 15) is 44.4 Å². The third kappa shape index (κ3) is 9.23. The zero-order valence-electron chi connectivity index (χ0n) is 34.1. The molecule has 1 aliphatic heterocycles. The Labute approximate surface area is 337 Å². The first-order valence-electron chi connectivity index (χ1n) is 18.9. The van der Waals surface area contributed by atoms with Crippen LogP contribution in [0.3, 0.4) is 0 Å². The van der Waals surface area contributed by atoms with E-state index in [1.165, 1.54) is 58.0 Å². The van der Waals surface area contributed by atoms with E-state index in [4.69, 9.17) is 35.3 Å². The van der Waals surface area contributed by atoms with Crippen molar-refractivity contribution in [3.63, 3.8) is 0 Å². The molecule has 15 nitrogen and oxygen atoms in total. The first-order valence-corrected chi connectivity index (χ1v) is 19.3. The number of rotatable bonds is 11. The summed E-state index contributed by atoms with van der Waals surface area (Å²) in [5, 5.41) is 49.2. The van der Waals surface area contributed by atoms with Crippen LogP contribution in [0, 0.1) is 17.3 Å². The Morgan fingerprint density at radius 1 is 1.12 bits per heavy atom. The molecule has 0 radical (unpaired) electrons. The van der Waals surface area contributed by atoms with Gasteiger partial charge in [0, 0.05) is 48.3 Å². The van der Waals surface area contributed by atoms with E-state index < -0.39 is 113 Å². The number of allylic oxidation sites excluding steroid dienone is 1. The highest BCUT2D eigenvalue weighted by Crippen LogP contribution is 2.58. The van der Waals surface area contributed by atoms with E-state index in [2.05, 4.69) is 5.32 Å². The molecule has 1 aromatic carbocycles. The molecule has 2 unspecified atom stereocenters. The topological polar surface area (TPSA) is 224 Å². The smallest absolute Gasteiger partial charge is 0.408 e. The molecule has 1 amide bonds. The molecule has 16 heteroatoms. The molecule has 316 valence electrons. The van der Waals surface area contributed by atoms with Crippen LogP contribution in [0.25, 0.3) is 0 Å². The fourth-order valence-electron chi connectivity index (χ4n) is 8.42. The molecule has 4 rings (SSSR count). The van der Waals surface area contributed by atoms with E-state index >= 15 is 0 Å². The summed E-state index contributed by atoms with van der Waals surface area (Å²) in [6, 6.07) is 4.50. The Kier molecular flexibility index (Phi) is 13.8. The standard InChI is InChI=1S/C41H56ClNO14/c1-20(2)16-26(43-37(51)57-38(6,7)8)32(47)36(50)54-27-18-41(52)34(55-35(49)24-12-11-13-25(42)17-24)30(40(56-23(5)45)19-53-28(40)14-15-44)22(4)31(46)33(48)29(21(27)3)39(41,9)10/h11-13,16-17,22,26-28,30-32,34,44,46-47,52H,14-15,18-19H2,1-10H3,(H,43,51)/t22?,26-,27-,28+,30+,31?,32+,34-,40-,41+/m0/s1. The third-order valence-corrected chi connectivity index (χ3v) is 11.4. The highest BCUT2D eigenvalue weighted by atomic mass is 35.5. The molecule has 1 saturated heterocycles. The van der Waals surface area contributed by atoms with Gasteiger partial charge in [-0.25, -0.2) is 14.4 Å². The van der Waals surface area contributed by atoms with Crippen molar-refractivity contribution in [2.75, 3.05) is 13.2 Å². The SMILES string of the molecule is CC(=O)O[C@@]1([C@@H]2C(C)C(O)C(=O)C3=C(C)[C@@H](OC(=O)[C@H](O)[C@H](C=C(C)C)NC(=O)OC(C)(C)C)C[C@@](O)([C@H]2OC(=O)c2cccc(Cl)c2)C3(C)C)CO[C@@H]1CCO. The Morgan fingerprint density at radius 3 is 2.30 bits per heavy atom. The van der Waals surface area contributed by atoms with Crippen molar-refractivity contribution in [1.29, 1.82) is 0 Å². The Morgan fingerprint density at radius 2 is 1.77 bits per heavy atom. The highest BCUT2D eigenvalue weighted by molar-refractivity contribution is 6.30. The summed E-state index contributed by atoms with van der Waals surface area (Å²) in [5.74, 6) is -6.38. The molecule has 2 fully saturated rings. The molecule has 1 aromatic rings. The summed E-state index contributed by atoms with van der Waals surface area (Å²) in [6.07, 6.45) is -8.17. The number of hydrogen-bond donors (Lipinski definition) is 5. The van der Waals surface area contributed by atoms with Crippen molar-refractivity contribution in [2.24, 2.45) is 17.3 Å². The summed E-state index contributed by atoms with van der Waals surface area (Å²) in [4.78, 5) is 68.0. The fourth-order valence-corrected chi connectivity index (χ4v) is 8.61. The number of aliphatic hydroxyl groups is 4. The second-order valence-electron chi connectivity index (χ2n) is 17.0. The van der Waals surface area contributed by atoms with Gasteiger partial charge in [0.2, 0.25) is 0 Å². The zero-order valence-corrected chi connectivity index (χ0v) is 34.8. The number of ketones is 1. The molecular formula is C41H56ClNO14. The van der Waals surface area contributed by atoms with Gasteiger partial charge in [-0.05, 0) is 71.2 Å². The molecule has 5 N–H and O–H groups in total. The lowest BCUT2D eigenvalue weighted by atomic mass is 9.51. The highest BCUT2D eigenvalue weighted by Gasteiger charge is 2.71. The van der Waals surface area contributed by atoms with Gasteiger partial charge in [0.25, 0.3) is 0 Å². The van der Waals surface area contributed by atoms with Crippen LogP contribution in [0.15, 0.2) is 47.1 Å². The lowest BCUT2D eigenvalue weighted by molar-refractivity contribution is -0.312. The van der Waals surface area contributed by atoms with Gasteiger partial charge in [0.05, 0.1) is 18.2 Å². The number of fused-ring (bicyclic) bond motifs is 2. The number of hydrogen-bond acceptors (Lipinski definition) is 14. The first-order chi connectivity index (χ1) is 26.3. The van der Waals surface area contributed by atoms with E-state index in [1.807, 2.05) is 0 Å². The van der Waals surface area contributed by atoms with Crippen molar-refractivity contribution in [3.05, 3.63) is 57.6 Å². The van der Waals surface area contributed by atoms with Crippen LogP contribution in [-0.2, 0) is 38.1 Å². The predicted molar refractivity (Wildman–Crippen MR) is 205 cm³/mol. The largest absolute Gasteiger partial charge is 0.456 e. The number of ether oxygens (including phenoxy) is 5. The Hall–Kier alpha value is -3.86. The van der Waals surface area contributed by atoms with Gasteiger partial charge in [-0.15, -0.1) is 0 Å². The third-order valence-electron chi connectivity index (χ3n) is 11.1. The number of halogens is 1. The van der Waals surface area contributed by atoms with Crippen molar-refractivity contribution in [2.45, 2.75) is 135 Å². The van der Waals surface area contributed by atoms with Gasteiger partial charge < -0.3 is 49.4 Å². The van der Waals surface area contributed by atoms with Crippen LogP contribution in [0.5, 0.6) is 0 Å². The average Bonchev–Trinajstić information content (AvgIpc) is 3.08. The van der Waals surface area contributed by atoms with Crippen molar-refractivity contribution in [3.8, 4) is 0 Å². The van der Waals surface area contributed by atoms with E-state index in [1.54, 1.807) is 34.6 Å².